The first-order chi connectivity index (χ1) is 9.13. The highest BCUT2D eigenvalue weighted by Crippen LogP contribution is 2.16. The molecule has 1 saturated heterocycles. The summed E-state index contributed by atoms with van der Waals surface area (Å²) in [4.78, 5) is 14.1. The van der Waals surface area contributed by atoms with Crippen LogP contribution in [0.2, 0.25) is 0 Å². The third kappa shape index (κ3) is 2.94. The number of benzene rings is 1. The molecule has 4 nitrogen and oxygen atoms in total. The fourth-order valence-electron chi connectivity index (χ4n) is 2.24. The van der Waals surface area contributed by atoms with E-state index in [1.54, 1.807) is 4.90 Å². The molecule has 100 valence electrons. The van der Waals surface area contributed by atoms with Crippen molar-refractivity contribution in [1.29, 1.82) is 5.26 Å². The van der Waals surface area contributed by atoms with Gasteiger partial charge in [-0.25, -0.2) is 0 Å². The molecule has 1 aliphatic rings. The zero-order valence-corrected chi connectivity index (χ0v) is 11.4. The summed E-state index contributed by atoms with van der Waals surface area (Å²) in [6.07, 6.45) is 0. The van der Waals surface area contributed by atoms with E-state index in [0.29, 0.717) is 24.6 Å². The maximum absolute atomic E-state index is 12.4. The molecular weight excluding hydrogens is 238 g/mol. The van der Waals surface area contributed by atoms with E-state index < -0.39 is 0 Å². The van der Waals surface area contributed by atoms with Crippen molar-refractivity contribution in [2.75, 3.05) is 19.6 Å². The summed E-state index contributed by atoms with van der Waals surface area (Å²) in [5.41, 5.74) is 1.88. The van der Waals surface area contributed by atoms with Crippen LogP contribution in [0.4, 0.5) is 0 Å². The van der Waals surface area contributed by atoms with Crippen LogP contribution in [0.5, 0.6) is 0 Å². The Morgan fingerprint density at radius 3 is 2.68 bits per heavy atom. The molecule has 1 atom stereocenters. The van der Waals surface area contributed by atoms with Gasteiger partial charge in [0.1, 0.15) is 6.04 Å². The van der Waals surface area contributed by atoms with Crippen LogP contribution in [-0.2, 0) is 0 Å². The van der Waals surface area contributed by atoms with Gasteiger partial charge in [0, 0.05) is 25.2 Å². The largest absolute Gasteiger partial charge is 0.320 e. The normalized spacial score (nSPS) is 19.3. The van der Waals surface area contributed by atoms with Crippen molar-refractivity contribution in [1.82, 2.24) is 10.2 Å². The first kappa shape index (κ1) is 13.6. The molecule has 0 spiro atoms. The van der Waals surface area contributed by atoms with Gasteiger partial charge < -0.3 is 10.2 Å². The van der Waals surface area contributed by atoms with E-state index in [1.807, 2.05) is 24.3 Å². The van der Waals surface area contributed by atoms with Gasteiger partial charge in [0.15, 0.2) is 0 Å². The van der Waals surface area contributed by atoms with Crippen LogP contribution in [0.25, 0.3) is 0 Å². The number of carbonyl (C=O) groups excluding carboxylic acids is 1. The van der Waals surface area contributed by atoms with Crippen LogP contribution in [0.15, 0.2) is 24.3 Å². The van der Waals surface area contributed by atoms with Crippen molar-refractivity contribution in [2.24, 2.45) is 0 Å². The molecule has 1 fully saturated rings. The SMILES string of the molecule is CC(C)c1ccc(C(=O)N2CCNCC2C#N)cc1. The molecule has 1 aromatic carbocycles. The van der Waals surface area contributed by atoms with Crippen molar-refractivity contribution in [2.45, 2.75) is 25.8 Å². The van der Waals surface area contributed by atoms with Crippen molar-refractivity contribution < 1.29 is 4.79 Å². The molecule has 0 saturated carbocycles. The minimum Gasteiger partial charge on any atom is -0.320 e. The Balaban J connectivity index is 2.16. The second-order valence-corrected chi connectivity index (χ2v) is 5.12. The standard InChI is InChI=1S/C15H19N3O/c1-11(2)12-3-5-13(6-4-12)15(19)18-8-7-17-10-14(18)9-16/h3-6,11,14,17H,7-8,10H2,1-2H3. The number of hydrogen-bond donors (Lipinski definition) is 1. The van der Waals surface area contributed by atoms with Crippen LogP contribution in [-0.4, -0.2) is 36.5 Å². The van der Waals surface area contributed by atoms with E-state index in [4.69, 9.17) is 5.26 Å². The van der Waals surface area contributed by atoms with Gasteiger partial charge in [-0.3, -0.25) is 4.79 Å². The van der Waals surface area contributed by atoms with Crippen LogP contribution in [0.1, 0.15) is 35.7 Å². The van der Waals surface area contributed by atoms with Gasteiger partial charge in [-0.15, -0.1) is 0 Å². The zero-order chi connectivity index (χ0) is 13.8. The van der Waals surface area contributed by atoms with E-state index in [0.717, 1.165) is 6.54 Å². The van der Waals surface area contributed by atoms with E-state index in [-0.39, 0.29) is 11.9 Å². The number of amides is 1. The summed E-state index contributed by atoms with van der Waals surface area (Å²) in [5.74, 6) is 0.401. The molecule has 1 N–H and O–H groups in total. The number of nitrogens with zero attached hydrogens (tertiary/aromatic N) is 2. The second-order valence-electron chi connectivity index (χ2n) is 5.12. The fourth-order valence-corrected chi connectivity index (χ4v) is 2.24. The van der Waals surface area contributed by atoms with Crippen LogP contribution in [0.3, 0.4) is 0 Å². The average Bonchev–Trinajstić information content (AvgIpc) is 2.46. The van der Waals surface area contributed by atoms with Gasteiger partial charge in [-0.2, -0.15) is 5.26 Å². The minimum atomic E-state index is -0.369. The Hall–Kier alpha value is -1.86. The Morgan fingerprint density at radius 2 is 2.11 bits per heavy atom. The third-order valence-corrected chi connectivity index (χ3v) is 3.48. The Morgan fingerprint density at radius 1 is 1.42 bits per heavy atom. The van der Waals surface area contributed by atoms with Crippen molar-refractivity contribution >= 4 is 5.91 Å². The first-order valence-electron chi connectivity index (χ1n) is 6.64. The van der Waals surface area contributed by atoms with Gasteiger partial charge in [0.2, 0.25) is 0 Å². The van der Waals surface area contributed by atoms with Crippen LogP contribution >= 0.6 is 0 Å². The lowest BCUT2D eigenvalue weighted by Crippen LogP contribution is -2.53. The summed E-state index contributed by atoms with van der Waals surface area (Å²) in [6, 6.07) is 9.49. The molecule has 1 heterocycles. The number of hydrogen-bond acceptors (Lipinski definition) is 3. The highest BCUT2D eigenvalue weighted by molar-refractivity contribution is 5.94. The number of nitriles is 1. The van der Waals surface area contributed by atoms with Crippen molar-refractivity contribution in [3.8, 4) is 6.07 Å². The number of nitrogens with one attached hydrogen (secondary N) is 1. The molecular formula is C15H19N3O. The van der Waals surface area contributed by atoms with Crippen molar-refractivity contribution in [3.63, 3.8) is 0 Å². The Kier molecular flexibility index (Phi) is 4.18. The van der Waals surface area contributed by atoms with Gasteiger partial charge in [0.05, 0.1) is 6.07 Å². The Bertz CT molecular complexity index is 487. The average molecular weight is 257 g/mol. The zero-order valence-electron chi connectivity index (χ0n) is 11.4. The maximum Gasteiger partial charge on any atom is 0.255 e. The lowest BCUT2D eigenvalue weighted by atomic mass is 10.0. The van der Waals surface area contributed by atoms with E-state index in [9.17, 15) is 4.79 Å². The quantitative estimate of drug-likeness (QED) is 0.878. The monoisotopic (exact) mass is 257 g/mol. The molecule has 19 heavy (non-hydrogen) atoms. The van der Waals surface area contributed by atoms with Gasteiger partial charge in [-0.05, 0) is 23.6 Å². The molecule has 2 rings (SSSR count). The van der Waals surface area contributed by atoms with Crippen LogP contribution in [0, 0.1) is 11.3 Å². The van der Waals surface area contributed by atoms with Gasteiger partial charge in [-0.1, -0.05) is 26.0 Å². The van der Waals surface area contributed by atoms with E-state index >= 15 is 0 Å². The van der Waals surface area contributed by atoms with Gasteiger partial charge in [0.25, 0.3) is 5.91 Å². The van der Waals surface area contributed by atoms with E-state index in [1.165, 1.54) is 5.56 Å². The molecule has 4 heteroatoms. The lowest BCUT2D eigenvalue weighted by molar-refractivity contribution is 0.0687. The molecule has 1 aromatic rings. The molecule has 0 aromatic heterocycles. The molecule has 1 aliphatic heterocycles. The highest BCUT2D eigenvalue weighted by Gasteiger charge is 2.26. The first-order valence-corrected chi connectivity index (χ1v) is 6.64. The van der Waals surface area contributed by atoms with Crippen molar-refractivity contribution in [3.05, 3.63) is 35.4 Å². The summed E-state index contributed by atoms with van der Waals surface area (Å²) in [7, 11) is 0. The third-order valence-electron chi connectivity index (χ3n) is 3.48. The van der Waals surface area contributed by atoms with Crippen LogP contribution < -0.4 is 5.32 Å². The topological polar surface area (TPSA) is 56.1 Å². The predicted octanol–water partition coefficient (Wildman–Crippen LogP) is 1.75. The summed E-state index contributed by atoms with van der Waals surface area (Å²) < 4.78 is 0. The molecule has 0 bridgehead atoms. The second kappa shape index (κ2) is 5.85. The summed E-state index contributed by atoms with van der Waals surface area (Å²) in [6.45, 7) is 6.13. The van der Waals surface area contributed by atoms with Gasteiger partial charge >= 0.3 is 0 Å². The highest BCUT2D eigenvalue weighted by atomic mass is 16.2. The molecule has 0 radical (unpaired) electrons. The fraction of sp³-hybridized carbons (Fsp3) is 0.467. The maximum atomic E-state index is 12.4. The Labute approximate surface area is 114 Å². The number of rotatable bonds is 2. The molecule has 1 unspecified atom stereocenters. The lowest BCUT2D eigenvalue weighted by Gasteiger charge is -2.32. The predicted molar refractivity (Wildman–Crippen MR) is 73.8 cm³/mol. The number of carbonyl (C=O) groups is 1. The summed E-state index contributed by atoms with van der Waals surface area (Å²) in [5, 5.41) is 12.2. The minimum absolute atomic E-state index is 0.0524. The number of piperazine rings is 1. The molecule has 1 amide bonds. The molecule has 0 aliphatic carbocycles. The summed E-state index contributed by atoms with van der Waals surface area (Å²) >= 11 is 0. The van der Waals surface area contributed by atoms with E-state index in [2.05, 4.69) is 25.2 Å². The smallest absolute Gasteiger partial charge is 0.255 e.